The maximum atomic E-state index is 10.9. The topological polar surface area (TPSA) is 66.4 Å². The normalized spacial score (nSPS) is 12.1. The van der Waals surface area contributed by atoms with Gasteiger partial charge in [0.2, 0.25) is 6.41 Å². The molecule has 1 amide bonds. The Bertz CT molecular complexity index is 335. The van der Waals surface area contributed by atoms with Crippen molar-refractivity contribution >= 4 is 29.4 Å². The van der Waals surface area contributed by atoms with Crippen LogP contribution in [0, 0.1) is 0 Å². The van der Waals surface area contributed by atoms with Crippen molar-refractivity contribution < 1.29 is 14.7 Å². The molecule has 0 bridgehead atoms. The smallest absolute Gasteiger partial charge is 0.311 e. The van der Waals surface area contributed by atoms with Crippen molar-refractivity contribution in [1.29, 1.82) is 0 Å². The summed E-state index contributed by atoms with van der Waals surface area (Å²) in [6, 6.07) is 0. The zero-order valence-electron chi connectivity index (χ0n) is 7.69. The van der Waals surface area contributed by atoms with Crippen LogP contribution in [0.1, 0.15) is 24.8 Å². The molecule has 5 heteroatoms. The third-order valence-electron chi connectivity index (χ3n) is 1.99. The second kappa shape index (κ2) is 4.76. The van der Waals surface area contributed by atoms with Gasteiger partial charge in [0.05, 0.1) is 11.6 Å². The molecule has 0 saturated carbocycles. The van der Waals surface area contributed by atoms with Crippen LogP contribution in [0.15, 0.2) is 10.8 Å². The van der Waals surface area contributed by atoms with Crippen LogP contribution in [0.3, 0.4) is 0 Å². The summed E-state index contributed by atoms with van der Waals surface area (Å²) in [5.74, 6) is -1.40. The van der Waals surface area contributed by atoms with Gasteiger partial charge >= 0.3 is 5.97 Å². The Morgan fingerprint density at radius 2 is 2.43 bits per heavy atom. The zero-order chi connectivity index (χ0) is 10.6. The number of hydrogen-bond acceptors (Lipinski definition) is 3. The summed E-state index contributed by atoms with van der Waals surface area (Å²) < 4.78 is 0. The number of hydrogen-bond donors (Lipinski definition) is 2. The van der Waals surface area contributed by atoms with E-state index in [0.717, 1.165) is 0 Å². The maximum absolute atomic E-state index is 10.9. The SMILES string of the molecule is CCC(C(=O)O)c1cscc1NC=O. The molecular weight excluding hydrogens is 202 g/mol. The summed E-state index contributed by atoms with van der Waals surface area (Å²) in [5, 5.41) is 14.9. The van der Waals surface area contributed by atoms with Gasteiger partial charge in [-0.05, 0) is 11.8 Å². The Morgan fingerprint density at radius 3 is 2.93 bits per heavy atom. The lowest BCUT2D eigenvalue weighted by molar-refractivity contribution is -0.138. The number of anilines is 1. The number of carbonyl (C=O) groups excluding carboxylic acids is 1. The first-order chi connectivity index (χ1) is 6.70. The van der Waals surface area contributed by atoms with Crippen molar-refractivity contribution in [3.8, 4) is 0 Å². The summed E-state index contributed by atoms with van der Waals surface area (Å²) in [4.78, 5) is 21.1. The molecule has 1 heterocycles. The number of carboxylic acids is 1. The van der Waals surface area contributed by atoms with Crippen molar-refractivity contribution in [1.82, 2.24) is 0 Å². The molecule has 0 radical (unpaired) electrons. The molecule has 1 aromatic heterocycles. The molecule has 0 aliphatic carbocycles. The van der Waals surface area contributed by atoms with Crippen LogP contribution in [0.4, 0.5) is 5.69 Å². The van der Waals surface area contributed by atoms with Gasteiger partial charge in [-0.1, -0.05) is 6.92 Å². The highest BCUT2D eigenvalue weighted by atomic mass is 32.1. The van der Waals surface area contributed by atoms with E-state index in [1.165, 1.54) is 11.3 Å². The monoisotopic (exact) mass is 213 g/mol. The highest BCUT2D eigenvalue weighted by Crippen LogP contribution is 2.30. The van der Waals surface area contributed by atoms with Crippen LogP contribution in [0.5, 0.6) is 0 Å². The van der Waals surface area contributed by atoms with Crippen LogP contribution in [-0.4, -0.2) is 17.5 Å². The van der Waals surface area contributed by atoms with Crippen LogP contribution in [0.25, 0.3) is 0 Å². The summed E-state index contributed by atoms with van der Waals surface area (Å²) in [7, 11) is 0. The molecule has 1 unspecified atom stereocenters. The second-order valence-corrected chi connectivity index (χ2v) is 3.55. The van der Waals surface area contributed by atoms with Crippen molar-refractivity contribution in [3.05, 3.63) is 16.3 Å². The largest absolute Gasteiger partial charge is 0.481 e. The fourth-order valence-corrected chi connectivity index (χ4v) is 2.13. The summed E-state index contributed by atoms with van der Waals surface area (Å²) in [6.07, 6.45) is 1.07. The van der Waals surface area contributed by atoms with Gasteiger partial charge in [0, 0.05) is 10.9 Å². The van der Waals surface area contributed by atoms with E-state index >= 15 is 0 Å². The fraction of sp³-hybridized carbons (Fsp3) is 0.333. The van der Waals surface area contributed by atoms with Gasteiger partial charge < -0.3 is 10.4 Å². The summed E-state index contributed by atoms with van der Waals surface area (Å²) >= 11 is 1.38. The Labute approximate surface area is 85.6 Å². The van der Waals surface area contributed by atoms with E-state index in [9.17, 15) is 9.59 Å². The molecule has 1 aromatic rings. The first kappa shape index (κ1) is 10.7. The lowest BCUT2D eigenvalue weighted by Crippen LogP contribution is -2.11. The molecule has 1 rings (SSSR count). The van der Waals surface area contributed by atoms with Crippen LogP contribution in [-0.2, 0) is 9.59 Å². The van der Waals surface area contributed by atoms with Crippen molar-refractivity contribution in [2.45, 2.75) is 19.3 Å². The molecule has 76 valence electrons. The number of nitrogens with one attached hydrogen (secondary N) is 1. The van der Waals surface area contributed by atoms with Gasteiger partial charge in [0.15, 0.2) is 0 Å². The second-order valence-electron chi connectivity index (χ2n) is 2.80. The summed E-state index contributed by atoms with van der Waals surface area (Å²) in [5.41, 5.74) is 1.27. The van der Waals surface area contributed by atoms with E-state index in [4.69, 9.17) is 5.11 Å². The minimum absolute atomic E-state index is 0.513. The Hall–Kier alpha value is -1.36. The molecule has 0 saturated heterocycles. The van der Waals surface area contributed by atoms with E-state index in [1.807, 2.05) is 0 Å². The number of carboxylic acid groups (broad SMARTS) is 1. The first-order valence-electron chi connectivity index (χ1n) is 4.19. The van der Waals surface area contributed by atoms with Gasteiger partial charge in [-0.2, -0.15) is 0 Å². The quantitative estimate of drug-likeness (QED) is 0.734. The molecule has 14 heavy (non-hydrogen) atoms. The van der Waals surface area contributed by atoms with Crippen molar-refractivity contribution in [2.24, 2.45) is 0 Å². The molecule has 4 nitrogen and oxygen atoms in total. The van der Waals surface area contributed by atoms with E-state index in [1.54, 1.807) is 17.7 Å². The first-order valence-corrected chi connectivity index (χ1v) is 5.14. The van der Waals surface area contributed by atoms with E-state index in [-0.39, 0.29) is 0 Å². The molecule has 0 spiro atoms. The Balaban J connectivity index is 2.96. The standard InChI is InChI=1S/C9H11NO3S/c1-2-6(9(12)13)7-3-14-4-8(7)10-5-11/h3-6H,2H2,1H3,(H,10,11)(H,12,13). The molecule has 2 N–H and O–H groups in total. The van der Waals surface area contributed by atoms with Gasteiger partial charge in [0.1, 0.15) is 0 Å². The van der Waals surface area contributed by atoms with E-state index < -0.39 is 11.9 Å². The number of thiophene rings is 1. The van der Waals surface area contributed by atoms with Gasteiger partial charge in [-0.15, -0.1) is 11.3 Å². The Kier molecular flexibility index (Phi) is 3.64. The summed E-state index contributed by atoms with van der Waals surface area (Å²) in [6.45, 7) is 1.81. The highest BCUT2D eigenvalue weighted by molar-refractivity contribution is 7.08. The van der Waals surface area contributed by atoms with Crippen molar-refractivity contribution in [2.75, 3.05) is 5.32 Å². The van der Waals surface area contributed by atoms with Crippen molar-refractivity contribution in [3.63, 3.8) is 0 Å². The fourth-order valence-electron chi connectivity index (χ4n) is 1.29. The molecule has 0 aliphatic heterocycles. The number of amides is 1. The predicted octanol–water partition coefficient (Wildman–Crippen LogP) is 1.89. The zero-order valence-corrected chi connectivity index (χ0v) is 8.50. The molecule has 1 atom stereocenters. The van der Waals surface area contributed by atoms with Gasteiger partial charge in [-0.25, -0.2) is 0 Å². The lowest BCUT2D eigenvalue weighted by Gasteiger charge is -2.09. The lowest BCUT2D eigenvalue weighted by atomic mass is 9.98. The predicted molar refractivity (Wildman–Crippen MR) is 54.7 cm³/mol. The molecule has 0 fully saturated rings. The van der Waals surface area contributed by atoms with Gasteiger partial charge in [-0.3, -0.25) is 9.59 Å². The van der Waals surface area contributed by atoms with E-state index in [2.05, 4.69) is 5.32 Å². The third kappa shape index (κ3) is 2.11. The van der Waals surface area contributed by atoms with Crippen LogP contribution in [0.2, 0.25) is 0 Å². The minimum Gasteiger partial charge on any atom is -0.481 e. The molecule has 0 aliphatic rings. The number of rotatable bonds is 5. The van der Waals surface area contributed by atoms with E-state index in [0.29, 0.717) is 24.1 Å². The average Bonchev–Trinajstić information content (AvgIpc) is 2.55. The molecular formula is C9H11NO3S. The van der Waals surface area contributed by atoms with Crippen LogP contribution < -0.4 is 5.32 Å². The van der Waals surface area contributed by atoms with Crippen LogP contribution >= 0.6 is 11.3 Å². The maximum Gasteiger partial charge on any atom is 0.311 e. The van der Waals surface area contributed by atoms with Gasteiger partial charge in [0.25, 0.3) is 0 Å². The Morgan fingerprint density at radius 1 is 1.71 bits per heavy atom. The third-order valence-corrected chi connectivity index (χ3v) is 2.75. The average molecular weight is 213 g/mol. The molecule has 0 aromatic carbocycles. The number of carbonyl (C=O) groups is 2. The minimum atomic E-state index is -0.861. The number of aliphatic carboxylic acids is 1. The highest BCUT2D eigenvalue weighted by Gasteiger charge is 2.21.